The summed E-state index contributed by atoms with van der Waals surface area (Å²) in [5.41, 5.74) is 7.91. The minimum Gasteiger partial charge on any atom is -0.328 e. The summed E-state index contributed by atoms with van der Waals surface area (Å²) >= 11 is 0. The molecule has 1 aromatic carbocycles. The van der Waals surface area contributed by atoms with Crippen molar-refractivity contribution in [3.05, 3.63) is 29.8 Å². The molecule has 4 rings (SSSR count). The lowest BCUT2D eigenvalue weighted by Gasteiger charge is -2.26. The molecule has 1 heterocycles. The summed E-state index contributed by atoms with van der Waals surface area (Å²) in [6.45, 7) is 0. The number of imidazole rings is 1. The maximum atomic E-state index is 13.5. The van der Waals surface area contributed by atoms with Crippen LogP contribution in [0.2, 0.25) is 0 Å². The van der Waals surface area contributed by atoms with Gasteiger partial charge < -0.3 is 10.3 Å². The van der Waals surface area contributed by atoms with Crippen LogP contribution in [0.15, 0.2) is 18.2 Å². The first-order valence-corrected chi connectivity index (χ1v) is 7.65. The third kappa shape index (κ3) is 2.03. The third-order valence-corrected chi connectivity index (χ3v) is 4.73. The number of hydrogen-bond acceptors (Lipinski definition) is 2. The van der Waals surface area contributed by atoms with Gasteiger partial charge in [-0.05, 0) is 56.7 Å². The van der Waals surface area contributed by atoms with Crippen LogP contribution < -0.4 is 5.73 Å². The molecule has 0 spiro atoms. The van der Waals surface area contributed by atoms with Crippen LogP contribution in [-0.4, -0.2) is 15.6 Å². The standard InChI is InChI=1S/C16H20FN3/c17-11-3-8-14-15(9-11)20(13-6-7-13)16(19-14)10-1-4-12(18)5-2-10/h3,8-10,12-13H,1-2,4-7,18H2. The zero-order valence-electron chi connectivity index (χ0n) is 11.6. The Morgan fingerprint density at radius 1 is 1.10 bits per heavy atom. The van der Waals surface area contributed by atoms with E-state index in [9.17, 15) is 4.39 Å². The van der Waals surface area contributed by atoms with Crippen molar-refractivity contribution in [1.82, 2.24) is 9.55 Å². The summed E-state index contributed by atoms with van der Waals surface area (Å²) in [5.74, 6) is 1.49. The zero-order chi connectivity index (χ0) is 13.7. The monoisotopic (exact) mass is 273 g/mol. The van der Waals surface area contributed by atoms with Gasteiger partial charge in [0, 0.05) is 18.0 Å². The highest BCUT2D eigenvalue weighted by Crippen LogP contribution is 2.42. The highest BCUT2D eigenvalue weighted by Gasteiger charge is 2.32. The van der Waals surface area contributed by atoms with E-state index in [1.807, 2.05) is 6.07 Å². The van der Waals surface area contributed by atoms with E-state index in [-0.39, 0.29) is 5.82 Å². The van der Waals surface area contributed by atoms with Gasteiger partial charge in [0.15, 0.2) is 0 Å². The second-order valence-corrected chi connectivity index (χ2v) is 6.32. The summed E-state index contributed by atoms with van der Waals surface area (Å²) in [5, 5.41) is 0. The summed E-state index contributed by atoms with van der Waals surface area (Å²) in [4.78, 5) is 4.82. The van der Waals surface area contributed by atoms with Gasteiger partial charge in [-0.15, -0.1) is 0 Å². The molecule has 0 atom stereocenters. The van der Waals surface area contributed by atoms with Crippen molar-refractivity contribution in [3.63, 3.8) is 0 Å². The Balaban J connectivity index is 1.80. The van der Waals surface area contributed by atoms with Gasteiger partial charge in [0.2, 0.25) is 0 Å². The molecule has 0 saturated heterocycles. The van der Waals surface area contributed by atoms with Crippen molar-refractivity contribution in [2.45, 2.75) is 56.5 Å². The van der Waals surface area contributed by atoms with Crippen LogP contribution in [0.3, 0.4) is 0 Å². The zero-order valence-corrected chi connectivity index (χ0v) is 11.6. The summed E-state index contributed by atoms with van der Waals surface area (Å²) in [6, 6.07) is 5.84. The Morgan fingerprint density at radius 3 is 2.55 bits per heavy atom. The van der Waals surface area contributed by atoms with Crippen molar-refractivity contribution in [1.29, 1.82) is 0 Å². The second-order valence-electron chi connectivity index (χ2n) is 6.32. The Morgan fingerprint density at radius 2 is 1.85 bits per heavy atom. The van der Waals surface area contributed by atoms with Crippen molar-refractivity contribution >= 4 is 11.0 Å². The van der Waals surface area contributed by atoms with E-state index in [0.717, 1.165) is 36.7 Å². The Kier molecular flexibility index (Phi) is 2.81. The molecule has 3 nitrogen and oxygen atoms in total. The van der Waals surface area contributed by atoms with E-state index in [4.69, 9.17) is 10.7 Å². The molecular formula is C16H20FN3. The quantitative estimate of drug-likeness (QED) is 0.910. The summed E-state index contributed by atoms with van der Waals surface area (Å²) < 4.78 is 15.9. The van der Waals surface area contributed by atoms with Crippen molar-refractivity contribution < 1.29 is 4.39 Å². The SMILES string of the molecule is NC1CCC(c2nc3ccc(F)cc3n2C2CC2)CC1. The second kappa shape index (κ2) is 4.55. The lowest BCUT2D eigenvalue weighted by Crippen LogP contribution is -2.26. The van der Waals surface area contributed by atoms with E-state index in [1.165, 1.54) is 24.7 Å². The van der Waals surface area contributed by atoms with E-state index in [0.29, 0.717) is 18.0 Å². The fourth-order valence-electron chi connectivity index (χ4n) is 3.47. The molecule has 0 unspecified atom stereocenters. The smallest absolute Gasteiger partial charge is 0.125 e. The minimum absolute atomic E-state index is 0.170. The fourth-order valence-corrected chi connectivity index (χ4v) is 3.47. The Hall–Kier alpha value is -1.42. The van der Waals surface area contributed by atoms with Crippen LogP contribution in [0, 0.1) is 5.82 Å². The first kappa shape index (κ1) is 12.3. The van der Waals surface area contributed by atoms with Gasteiger partial charge in [-0.1, -0.05) is 0 Å². The van der Waals surface area contributed by atoms with Gasteiger partial charge in [0.05, 0.1) is 11.0 Å². The first-order chi connectivity index (χ1) is 9.72. The molecule has 0 radical (unpaired) electrons. The van der Waals surface area contributed by atoms with Gasteiger partial charge in [-0.2, -0.15) is 0 Å². The molecule has 0 bridgehead atoms. The number of nitrogens with two attached hydrogens (primary N) is 1. The fraction of sp³-hybridized carbons (Fsp3) is 0.562. The largest absolute Gasteiger partial charge is 0.328 e. The maximum absolute atomic E-state index is 13.5. The molecule has 1 aromatic heterocycles. The van der Waals surface area contributed by atoms with E-state index in [2.05, 4.69) is 4.57 Å². The van der Waals surface area contributed by atoms with Crippen LogP contribution in [0.1, 0.15) is 56.3 Å². The molecule has 0 amide bonds. The molecule has 106 valence electrons. The highest BCUT2D eigenvalue weighted by molar-refractivity contribution is 5.76. The molecule has 2 aliphatic rings. The molecule has 2 N–H and O–H groups in total. The number of nitrogens with zero attached hydrogens (tertiary/aromatic N) is 2. The van der Waals surface area contributed by atoms with Crippen molar-refractivity contribution in [2.24, 2.45) is 5.73 Å². The number of hydrogen-bond donors (Lipinski definition) is 1. The maximum Gasteiger partial charge on any atom is 0.125 e. The lowest BCUT2D eigenvalue weighted by molar-refractivity contribution is 0.377. The van der Waals surface area contributed by atoms with Crippen LogP contribution in [0.5, 0.6) is 0 Å². The molecule has 0 aliphatic heterocycles. The molecule has 2 fully saturated rings. The van der Waals surface area contributed by atoms with Crippen LogP contribution in [0.25, 0.3) is 11.0 Å². The van der Waals surface area contributed by atoms with Gasteiger partial charge in [-0.25, -0.2) is 9.37 Å². The van der Waals surface area contributed by atoms with Gasteiger partial charge in [0.25, 0.3) is 0 Å². The van der Waals surface area contributed by atoms with Gasteiger partial charge in [-0.3, -0.25) is 0 Å². The van der Waals surface area contributed by atoms with E-state index in [1.54, 1.807) is 6.07 Å². The first-order valence-electron chi connectivity index (χ1n) is 7.65. The molecule has 2 saturated carbocycles. The average molecular weight is 273 g/mol. The van der Waals surface area contributed by atoms with Crippen LogP contribution >= 0.6 is 0 Å². The van der Waals surface area contributed by atoms with Crippen molar-refractivity contribution in [2.75, 3.05) is 0 Å². The summed E-state index contributed by atoms with van der Waals surface area (Å²) in [6.07, 6.45) is 6.77. The van der Waals surface area contributed by atoms with E-state index >= 15 is 0 Å². The number of rotatable bonds is 2. The Bertz CT molecular complexity index is 636. The minimum atomic E-state index is -0.170. The predicted octanol–water partition coefficient (Wildman–Crippen LogP) is 3.50. The molecule has 4 heteroatoms. The molecule has 2 aromatic rings. The van der Waals surface area contributed by atoms with Crippen LogP contribution in [0.4, 0.5) is 4.39 Å². The van der Waals surface area contributed by atoms with E-state index < -0.39 is 0 Å². The number of benzene rings is 1. The number of aromatic nitrogens is 2. The summed E-state index contributed by atoms with van der Waals surface area (Å²) in [7, 11) is 0. The van der Waals surface area contributed by atoms with Crippen LogP contribution in [-0.2, 0) is 0 Å². The highest BCUT2D eigenvalue weighted by atomic mass is 19.1. The topological polar surface area (TPSA) is 43.8 Å². The van der Waals surface area contributed by atoms with Crippen molar-refractivity contribution in [3.8, 4) is 0 Å². The number of halogens is 1. The average Bonchev–Trinajstić information content (AvgIpc) is 3.21. The van der Waals surface area contributed by atoms with Gasteiger partial charge in [0.1, 0.15) is 11.6 Å². The molecular weight excluding hydrogens is 253 g/mol. The third-order valence-electron chi connectivity index (χ3n) is 4.73. The number of fused-ring (bicyclic) bond motifs is 1. The Labute approximate surface area is 118 Å². The molecule has 2 aliphatic carbocycles. The lowest BCUT2D eigenvalue weighted by atomic mass is 9.86. The van der Waals surface area contributed by atoms with Gasteiger partial charge >= 0.3 is 0 Å². The molecule has 20 heavy (non-hydrogen) atoms. The normalized spacial score (nSPS) is 27.1. The predicted molar refractivity (Wildman–Crippen MR) is 77.1 cm³/mol.